The van der Waals surface area contributed by atoms with Crippen LogP contribution in [0, 0.1) is 5.92 Å². The van der Waals surface area contributed by atoms with Crippen LogP contribution in [-0.4, -0.2) is 41.5 Å². The lowest BCUT2D eigenvalue weighted by Gasteiger charge is -2.30. The van der Waals surface area contributed by atoms with Crippen molar-refractivity contribution in [3.8, 4) is 5.75 Å². The molecule has 3 aromatic rings. The fourth-order valence-electron chi connectivity index (χ4n) is 4.14. The number of hydrogen-bond donors (Lipinski definition) is 2. The first-order valence-corrected chi connectivity index (χ1v) is 13.6. The monoisotopic (exact) mass is 579 g/mol. The minimum absolute atomic E-state index is 0.0152. The number of piperidine rings is 1. The number of thiocarbonyl (C=S) groups is 1. The van der Waals surface area contributed by atoms with Crippen LogP contribution >= 0.6 is 28.1 Å². The van der Waals surface area contributed by atoms with Crippen LogP contribution in [0.3, 0.4) is 0 Å². The van der Waals surface area contributed by atoms with Gasteiger partial charge >= 0.3 is 0 Å². The highest BCUT2D eigenvalue weighted by Crippen LogP contribution is 2.26. The molecule has 0 atom stereocenters. The molecule has 192 valence electrons. The summed E-state index contributed by atoms with van der Waals surface area (Å²) in [6.45, 7) is 4.30. The molecule has 8 heteroatoms. The molecule has 0 aromatic heterocycles. The topological polar surface area (TPSA) is 70.7 Å². The van der Waals surface area contributed by atoms with Crippen molar-refractivity contribution in [3.63, 3.8) is 0 Å². The summed E-state index contributed by atoms with van der Waals surface area (Å²) >= 11 is 8.84. The smallest absolute Gasteiger partial charge is 0.257 e. The number of carbonyl (C=O) groups is 2. The van der Waals surface area contributed by atoms with E-state index in [-0.39, 0.29) is 16.9 Å². The maximum Gasteiger partial charge on any atom is 0.257 e. The maximum absolute atomic E-state index is 12.9. The van der Waals surface area contributed by atoms with E-state index in [1.165, 1.54) is 5.56 Å². The number of amides is 2. The van der Waals surface area contributed by atoms with E-state index in [2.05, 4.69) is 45.6 Å². The number of nitrogens with zero attached hydrogens (tertiary/aromatic N) is 1. The van der Waals surface area contributed by atoms with Crippen molar-refractivity contribution in [2.75, 3.05) is 25.0 Å². The molecule has 0 saturated carbocycles. The van der Waals surface area contributed by atoms with Gasteiger partial charge in [0.15, 0.2) is 5.11 Å². The fourth-order valence-corrected chi connectivity index (χ4v) is 4.85. The molecule has 6 nitrogen and oxygen atoms in total. The third-order valence-corrected chi connectivity index (χ3v) is 7.17. The van der Waals surface area contributed by atoms with Crippen LogP contribution in [0.15, 0.2) is 77.3 Å². The van der Waals surface area contributed by atoms with Crippen molar-refractivity contribution < 1.29 is 14.3 Å². The zero-order valence-electron chi connectivity index (χ0n) is 20.7. The number of halogens is 1. The molecule has 1 saturated heterocycles. The van der Waals surface area contributed by atoms with Gasteiger partial charge in [0.2, 0.25) is 0 Å². The SMILES string of the molecule is CC1CCN(C(=O)c2cccc(NC(=S)NC(=O)c3ccc(OCCc4ccccc4)c(Br)c3)c2)CC1. The number of carbonyl (C=O) groups excluding carboxylic acids is 2. The summed E-state index contributed by atoms with van der Waals surface area (Å²) in [6.07, 6.45) is 2.84. The standard InChI is InChI=1S/C29H30BrN3O3S/c1-20-12-15-33(16-13-20)28(35)23-8-5-9-24(18-23)31-29(37)32-27(34)22-10-11-26(25(30)19-22)36-17-14-21-6-3-2-4-7-21/h2-11,18-20H,12-17H2,1H3,(H2,31,32,34,37). The molecular weight excluding hydrogens is 550 g/mol. The van der Waals surface area contributed by atoms with E-state index >= 15 is 0 Å². The van der Waals surface area contributed by atoms with E-state index in [0.29, 0.717) is 39.6 Å². The molecule has 1 heterocycles. The fraction of sp³-hybridized carbons (Fsp3) is 0.276. The molecule has 2 N–H and O–H groups in total. The molecule has 3 aromatic carbocycles. The second-order valence-electron chi connectivity index (χ2n) is 9.19. The predicted octanol–water partition coefficient (Wildman–Crippen LogP) is 6.07. The van der Waals surface area contributed by atoms with Crippen LogP contribution < -0.4 is 15.4 Å². The molecule has 0 radical (unpaired) electrons. The Balaban J connectivity index is 1.29. The molecule has 1 fully saturated rings. The molecule has 0 spiro atoms. The van der Waals surface area contributed by atoms with Crippen LogP contribution in [-0.2, 0) is 6.42 Å². The van der Waals surface area contributed by atoms with Gasteiger partial charge in [-0.25, -0.2) is 0 Å². The predicted molar refractivity (Wildman–Crippen MR) is 154 cm³/mol. The molecule has 2 amide bonds. The largest absolute Gasteiger partial charge is 0.492 e. The van der Waals surface area contributed by atoms with E-state index in [9.17, 15) is 9.59 Å². The minimum atomic E-state index is -0.344. The second-order valence-corrected chi connectivity index (χ2v) is 10.5. The minimum Gasteiger partial charge on any atom is -0.492 e. The molecule has 1 aliphatic heterocycles. The Morgan fingerprint density at radius 3 is 2.49 bits per heavy atom. The van der Waals surface area contributed by atoms with Crippen molar-refractivity contribution in [2.24, 2.45) is 5.92 Å². The molecule has 0 bridgehead atoms. The quantitative estimate of drug-likeness (QED) is 0.332. The highest BCUT2D eigenvalue weighted by molar-refractivity contribution is 9.10. The van der Waals surface area contributed by atoms with Crippen LogP contribution in [0.4, 0.5) is 5.69 Å². The van der Waals surface area contributed by atoms with Crippen LogP contribution in [0.1, 0.15) is 46.0 Å². The van der Waals surface area contributed by atoms with E-state index in [0.717, 1.165) is 32.4 Å². The highest BCUT2D eigenvalue weighted by Gasteiger charge is 2.21. The molecule has 37 heavy (non-hydrogen) atoms. The summed E-state index contributed by atoms with van der Waals surface area (Å²) in [5, 5.41) is 5.86. The molecule has 0 unspecified atom stereocenters. The Bertz CT molecular complexity index is 1260. The normalized spacial score (nSPS) is 13.6. The van der Waals surface area contributed by atoms with Gasteiger partial charge < -0.3 is 15.0 Å². The zero-order valence-corrected chi connectivity index (χ0v) is 23.1. The van der Waals surface area contributed by atoms with Crippen molar-refractivity contribution >= 4 is 50.8 Å². The van der Waals surface area contributed by atoms with E-state index in [1.807, 2.05) is 29.2 Å². The first kappa shape index (κ1) is 26.8. The average molecular weight is 581 g/mol. The van der Waals surface area contributed by atoms with Crippen molar-refractivity contribution in [3.05, 3.63) is 94.0 Å². The van der Waals surface area contributed by atoms with Crippen molar-refractivity contribution in [1.82, 2.24) is 10.2 Å². The van der Waals surface area contributed by atoms with Crippen molar-refractivity contribution in [1.29, 1.82) is 0 Å². The van der Waals surface area contributed by atoms with Crippen LogP contribution in [0.5, 0.6) is 5.75 Å². The summed E-state index contributed by atoms with van der Waals surface area (Å²) < 4.78 is 6.55. The van der Waals surface area contributed by atoms with Gasteiger partial charge in [-0.1, -0.05) is 43.3 Å². The molecule has 4 rings (SSSR count). The first-order chi connectivity index (χ1) is 17.9. The van der Waals surface area contributed by atoms with Crippen LogP contribution in [0.25, 0.3) is 0 Å². The van der Waals surface area contributed by atoms with Gasteiger partial charge in [-0.3, -0.25) is 14.9 Å². The Hall–Kier alpha value is -3.23. The Morgan fingerprint density at radius 2 is 1.76 bits per heavy atom. The number of ether oxygens (including phenoxy) is 1. The first-order valence-electron chi connectivity index (χ1n) is 12.4. The molecular formula is C29H30BrN3O3S. The lowest BCUT2D eigenvalue weighted by molar-refractivity contribution is 0.0697. The summed E-state index contributed by atoms with van der Waals surface area (Å²) in [4.78, 5) is 27.5. The van der Waals surface area contributed by atoms with Gasteiger partial charge in [-0.05, 0) is 88.9 Å². The van der Waals surface area contributed by atoms with Crippen molar-refractivity contribution in [2.45, 2.75) is 26.2 Å². The lowest BCUT2D eigenvalue weighted by Crippen LogP contribution is -2.38. The average Bonchev–Trinajstić information content (AvgIpc) is 2.90. The summed E-state index contributed by atoms with van der Waals surface area (Å²) in [6, 6.07) is 22.5. The van der Waals surface area contributed by atoms with Gasteiger partial charge in [-0.2, -0.15) is 0 Å². The number of hydrogen-bond acceptors (Lipinski definition) is 4. The van der Waals surface area contributed by atoms with Crippen LogP contribution in [0.2, 0.25) is 0 Å². The number of benzene rings is 3. The van der Waals surface area contributed by atoms with Gasteiger partial charge in [0.05, 0.1) is 11.1 Å². The van der Waals surface area contributed by atoms with Gasteiger partial charge in [0, 0.05) is 36.3 Å². The van der Waals surface area contributed by atoms with E-state index in [4.69, 9.17) is 17.0 Å². The van der Waals surface area contributed by atoms with E-state index < -0.39 is 0 Å². The summed E-state index contributed by atoms with van der Waals surface area (Å²) in [5.74, 6) is 0.991. The van der Waals surface area contributed by atoms with Gasteiger partial charge in [0.25, 0.3) is 11.8 Å². The van der Waals surface area contributed by atoms with Gasteiger partial charge in [-0.15, -0.1) is 0 Å². The van der Waals surface area contributed by atoms with E-state index in [1.54, 1.807) is 36.4 Å². The maximum atomic E-state index is 12.9. The summed E-state index contributed by atoms with van der Waals surface area (Å²) in [5.41, 5.74) is 2.88. The lowest BCUT2D eigenvalue weighted by atomic mass is 9.98. The Kier molecular flexibility index (Phi) is 9.30. The Labute approximate surface area is 231 Å². The second kappa shape index (κ2) is 12.8. The molecule has 1 aliphatic rings. The number of nitrogens with one attached hydrogen (secondary N) is 2. The Morgan fingerprint density at radius 1 is 1.00 bits per heavy atom. The number of likely N-dealkylation sites (tertiary alicyclic amines) is 1. The molecule has 0 aliphatic carbocycles. The third-order valence-electron chi connectivity index (χ3n) is 6.35. The zero-order chi connectivity index (χ0) is 26.2. The number of rotatable bonds is 7. The summed E-state index contributed by atoms with van der Waals surface area (Å²) in [7, 11) is 0. The third kappa shape index (κ3) is 7.63. The highest BCUT2D eigenvalue weighted by atomic mass is 79.9. The van der Waals surface area contributed by atoms with Gasteiger partial charge in [0.1, 0.15) is 5.75 Å². The number of anilines is 1.